The Labute approximate surface area is 145 Å². The van der Waals surface area contributed by atoms with Gasteiger partial charge in [-0.1, -0.05) is 42.2 Å². The maximum absolute atomic E-state index is 12.4. The highest BCUT2D eigenvalue weighted by Crippen LogP contribution is 2.34. The molecule has 25 heavy (non-hydrogen) atoms. The second-order valence-corrected chi connectivity index (χ2v) is 6.44. The summed E-state index contributed by atoms with van der Waals surface area (Å²) in [5, 5.41) is 0.551. The van der Waals surface area contributed by atoms with Gasteiger partial charge in [-0.15, -0.1) is 0 Å². The smallest absolute Gasteiger partial charge is 0.324 e. The molecule has 0 radical (unpaired) electrons. The maximum Gasteiger partial charge on any atom is 0.363 e. The molecule has 0 spiro atoms. The topological polar surface area (TPSA) is 63.7 Å². The van der Waals surface area contributed by atoms with Crippen molar-refractivity contribution in [2.24, 2.45) is 0 Å². The summed E-state index contributed by atoms with van der Waals surface area (Å²) >= 11 is 0. The quantitative estimate of drug-likeness (QED) is 0.802. The van der Waals surface area contributed by atoms with Crippen LogP contribution in [-0.4, -0.2) is 22.8 Å². The van der Waals surface area contributed by atoms with Gasteiger partial charge in [0.15, 0.2) is 0 Å². The molecule has 2 aliphatic rings. The summed E-state index contributed by atoms with van der Waals surface area (Å²) in [6.07, 6.45) is 4.65. The van der Waals surface area contributed by atoms with Crippen LogP contribution in [0.4, 0.5) is 0 Å². The van der Waals surface area contributed by atoms with E-state index in [1.165, 1.54) is 12.8 Å². The summed E-state index contributed by atoms with van der Waals surface area (Å²) in [7, 11) is 0. The van der Waals surface area contributed by atoms with E-state index in [0.29, 0.717) is 16.5 Å². The van der Waals surface area contributed by atoms with Crippen LogP contribution in [0.15, 0.2) is 48.5 Å². The number of carbonyl (C=O) groups excluding carboxylic acids is 3. The standard InChI is InChI=1S/C20H17NO4/c22-18-16-10-3-4-11-17(16)19(23)21(18)25-20(24)15-9-5-8-14(12-15)13-6-1-2-7-13/h3-5,8-13H,1-2,6-7H2. The largest absolute Gasteiger partial charge is 0.363 e. The third-order valence-electron chi connectivity index (χ3n) is 4.88. The Morgan fingerprint density at radius 1 is 0.920 bits per heavy atom. The molecule has 0 unspecified atom stereocenters. The molecule has 5 nitrogen and oxygen atoms in total. The van der Waals surface area contributed by atoms with E-state index in [-0.39, 0.29) is 11.1 Å². The molecule has 2 amide bonds. The van der Waals surface area contributed by atoms with Gasteiger partial charge in [0.2, 0.25) is 0 Å². The minimum Gasteiger partial charge on any atom is -0.324 e. The van der Waals surface area contributed by atoms with Crippen LogP contribution < -0.4 is 0 Å². The maximum atomic E-state index is 12.4. The third kappa shape index (κ3) is 2.71. The highest BCUT2D eigenvalue weighted by molar-refractivity contribution is 6.21. The van der Waals surface area contributed by atoms with Crippen LogP contribution >= 0.6 is 0 Å². The first-order valence-electron chi connectivity index (χ1n) is 8.45. The number of hydrogen-bond acceptors (Lipinski definition) is 4. The molecular formula is C20H17NO4. The summed E-state index contributed by atoms with van der Waals surface area (Å²) < 4.78 is 0. The minimum atomic E-state index is -0.700. The van der Waals surface area contributed by atoms with Gasteiger partial charge in [-0.2, -0.15) is 0 Å². The molecule has 0 N–H and O–H groups in total. The van der Waals surface area contributed by atoms with E-state index in [4.69, 9.17) is 4.84 Å². The van der Waals surface area contributed by atoms with E-state index >= 15 is 0 Å². The predicted octanol–water partition coefficient (Wildman–Crippen LogP) is 3.71. The zero-order chi connectivity index (χ0) is 17.4. The second kappa shape index (κ2) is 6.16. The number of hydrogen-bond donors (Lipinski definition) is 0. The van der Waals surface area contributed by atoms with Gasteiger partial charge in [0.25, 0.3) is 11.8 Å². The van der Waals surface area contributed by atoms with E-state index < -0.39 is 17.8 Å². The van der Waals surface area contributed by atoms with E-state index in [2.05, 4.69) is 0 Å². The van der Waals surface area contributed by atoms with Gasteiger partial charge in [0.05, 0.1) is 16.7 Å². The van der Waals surface area contributed by atoms with Crippen LogP contribution in [0.2, 0.25) is 0 Å². The lowest BCUT2D eigenvalue weighted by atomic mass is 9.96. The number of nitrogens with zero attached hydrogens (tertiary/aromatic N) is 1. The number of fused-ring (bicyclic) bond motifs is 1. The molecule has 1 aliphatic heterocycles. The highest BCUT2D eigenvalue weighted by atomic mass is 16.7. The Bertz CT molecular complexity index is 833. The average molecular weight is 335 g/mol. The van der Waals surface area contributed by atoms with Crippen LogP contribution in [-0.2, 0) is 4.84 Å². The first kappa shape index (κ1) is 15.6. The van der Waals surface area contributed by atoms with Crippen molar-refractivity contribution in [1.82, 2.24) is 5.06 Å². The molecule has 0 atom stereocenters. The molecule has 126 valence electrons. The Hall–Kier alpha value is -2.95. The molecule has 0 aromatic heterocycles. The van der Waals surface area contributed by atoms with Gasteiger partial charge < -0.3 is 4.84 Å². The molecule has 2 aromatic carbocycles. The lowest BCUT2D eigenvalue weighted by Crippen LogP contribution is -2.32. The zero-order valence-corrected chi connectivity index (χ0v) is 13.6. The molecule has 1 saturated carbocycles. The van der Waals surface area contributed by atoms with Crippen molar-refractivity contribution >= 4 is 17.8 Å². The van der Waals surface area contributed by atoms with Gasteiger partial charge >= 0.3 is 5.97 Å². The Kier molecular flexibility index (Phi) is 3.84. The molecular weight excluding hydrogens is 318 g/mol. The number of carbonyl (C=O) groups is 3. The number of amides is 2. The summed E-state index contributed by atoms with van der Waals surface area (Å²) in [5.74, 6) is -1.46. The highest BCUT2D eigenvalue weighted by Gasteiger charge is 2.38. The molecule has 0 saturated heterocycles. The van der Waals surface area contributed by atoms with Gasteiger partial charge in [-0.25, -0.2) is 4.79 Å². The minimum absolute atomic E-state index is 0.250. The second-order valence-electron chi connectivity index (χ2n) is 6.44. The van der Waals surface area contributed by atoms with E-state index in [9.17, 15) is 14.4 Å². The SMILES string of the molecule is O=C(ON1C(=O)c2ccccc2C1=O)c1cccc(C2CCCC2)c1. The normalized spacial score (nSPS) is 17.0. The van der Waals surface area contributed by atoms with Crippen molar-refractivity contribution in [3.8, 4) is 0 Å². The van der Waals surface area contributed by atoms with Crippen LogP contribution in [0.25, 0.3) is 0 Å². The summed E-state index contributed by atoms with van der Waals surface area (Å²) in [6, 6.07) is 13.7. The fourth-order valence-electron chi connectivity index (χ4n) is 3.56. The third-order valence-corrected chi connectivity index (χ3v) is 4.88. The molecule has 2 aromatic rings. The van der Waals surface area contributed by atoms with Crippen molar-refractivity contribution in [2.45, 2.75) is 31.6 Å². The van der Waals surface area contributed by atoms with E-state index in [1.807, 2.05) is 12.1 Å². The van der Waals surface area contributed by atoms with Crippen molar-refractivity contribution in [3.63, 3.8) is 0 Å². The first-order valence-corrected chi connectivity index (χ1v) is 8.45. The number of hydroxylamine groups is 2. The number of benzene rings is 2. The Balaban J connectivity index is 1.54. The summed E-state index contributed by atoms with van der Waals surface area (Å²) in [5.41, 5.74) is 1.95. The number of rotatable bonds is 3. The van der Waals surface area contributed by atoms with Gasteiger partial charge in [-0.05, 0) is 48.6 Å². The lowest BCUT2D eigenvalue weighted by molar-refractivity contribution is -0.0584. The van der Waals surface area contributed by atoms with Crippen LogP contribution in [0.5, 0.6) is 0 Å². The predicted molar refractivity (Wildman–Crippen MR) is 90.0 cm³/mol. The van der Waals surface area contributed by atoms with Gasteiger partial charge in [-0.3, -0.25) is 9.59 Å². The molecule has 1 fully saturated rings. The first-order chi connectivity index (χ1) is 12.1. The van der Waals surface area contributed by atoms with Crippen molar-refractivity contribution in [3.05, 3.63) is 70.8 Å². The fourth-order valence-corrected chi connectivity index (χ4v) is 3.56. The molecule has 5 heteroatoms. The molecule has 4 rings (SSSR count). The fraction of sp³-hybridized carbons (Fsp3) is 0.250. The van der Waals surface area contributed by atoms with Crippen LogP contribution in [0.1, 0.15) is 68.2 Å². The average Bonchev–Trinajstić information content (AvgIpc) is 3.26. The van der Waals surface area contributed by atoms with Crippen molar-refractivity contribution in [1.29, 1.82) is 0 Å². The molecule has 0 bridgehead atoms. The monoisotopic (exact) mass is 335 g/mol. The van der Waals surface area contributed by atoms with Crippen molar-refractivity contribution in [2.75, 3.05) is 0 Å². The Morgan fingerprint density at radius 2 is 1.56 bits per heavy atom. The van der Waals surface area contributed by atoms with Crippen molar-refractivity contribution < 1.29 is 19.2 Å². The van der Waals surface area contributed by atoms with Crippen LogP contribution in [0.3, 0.4) is 0 Å². The van der Waals surface area contributed by atoms with Crippen LogP contribution in [0, 0.1) is 0 Å². The van der Waals surface area contributed by atoms with E-state index in [1.54, 1.807) is 36.4 Å². The lowest BCUT2D eigenvalue weighted by Gasteiger charge is -2.14. The van der Waals surface area contributed by atoms with E-state index in [0.717, 1.165) is 18.4 Å². The molecule has 1 heterocycles. The van der Waals surface area contributed by atoms with Gasteiger partial charge in [0, 0.05) is 0 Å². The summed E-state index contributed by atoms with van der Waals surface area (Å²) in [4.78, 5) is 42.1. The number of imide groups is 1. The summed E-state index contributed by atoms with van der Waals surface area (Å²) in [6.45, 7) is 0. The van der Waals surface area contributed by atoms with Gasteiger partial charge in [0.1, 0.15) is 0 Å². The Morgan fingerprint density at radius 3 is 2.20 bits per heavy atom. The zero-order valence-electron chi connectivity index (χ0n) is 13.6. The molecule has 1 aliphatic carbocycles.